The molecule has 1 amide bonds. The molecule has 9 heteroatoms. The third-order valence-electron chi connectivity index (χ3n) is 5.92. The first-order chi connectivity index (χ1) is 15.6. The van der Waals surface area contributed by atoms with Gasteiger partial charge in [-0.25, -0.2) is 14.4 Å². The largest absolute Gasteiger partial charge is 0.391 e. The van der Waals surface area contributed by atoms with Gasteiger partial charge < -0.3 is 25.5 Å². The fourth-order valence-corrected chi connectivity index (χ4v) is 4.25. The summed E-state index contributed by atoms with van der Waals surface area (Å²) in [6.07, 6.45) is 1.97. The smallest absolute Gasteiger partial charge is 0.256 e. The number of anilines is 3. The molecule has 3 aromatic rings. The average Bonchev–Trinajstić information content (AvgIpc) is 3.24. The standard InChI is InChI=1S/C23H25FN6O2/c24-16-2-1-3-17(11-16)27-23-26-13-15-10-21(30-7-4-18(31)14-30)19(12-20(15)28-23)22(32)29-8-5-25-6-9-29/h1-3,10-13,18,25,31H,4-9,14H2,(H,26,27,28)/t18-/m1/s1. The number of nitrogens with zero attached hydrogens (tertiary/aromatic N) is 4. The van der Waals surface area contributed by atoms with E-state index >= 15 is 0 Å². The van der Waals surface area contributed by atoms with Crippen LogP contribution >= 0.6 is 0 Å². The van der Waals surface area contributed by atoms with Crippen molar-refractivity contribution in [3.63, 3.8) is 0 Å². The van der Waals surface area contributed by atoms with Crippen LogP contribution in [0.15, 0.2) is 42.6 Å². The van der Waals surface area contributed by atoms with Crippen LogP contribution in [0.2, 0.25) is 0 Å². The Labute approximate surface area is 185 Å². The van der Waals surface area contributed by atoms with E-state index in [0.29, 0.717) is 55.3 Å². The molecule has 2 aliphatic rings. The van der Waals surface area contributed by atoms with Crippen molar-refractivity contribution in [1.29, 1.82) is 0 Å². The van der Waals surface area contributed by atoms with Crippen molar-refractivity contribution in [2.24, 2.45) is 0 Å². The summed E-state index contributed by atoms with van der Waals surface area (Å²) >= 11 is 0. The highest BCUT2D eigenvalue weighted by Crippen LogP contribution is 2.31. The highest BCUT2D eigenvalue weighted by Gasteiger charge is 2.28. The number of piperazine rings is 1. The molecule has 2 saturated heterocycles. The number of nitrogens with one attached hydrogen (secondary N) is 2. The molecule has 1 atom stereocenters. The highest BCUT2D eigenvalue weighted by atomic mass is 19.1. The summed E-state index contributed by atoms with van der Waals surface area (Å²) in [5, 5.41) is 17.1. The number of carbonyl (C=O) groups is 1. The van der Waals surface area contributed by atoms with Gasteiger partial charge in [-0.1, -0.05) is 6.07 Å². The molecule has 1 aromatic heterocycles. The van der Waals surface area contributed by atoms with Crippen LogP contribution in [0, 0.1) is 5.82 Å². The van der Waals surface area contributed by atoms with E-state index < -0.39 is 6.10 Å². The Morgan fingerprint density at radius 2 is 2.03 bits per heavy atom. The zero-order valence-corrected chi connectivity index (χ0v) is 17.6. The second-order valence-corrected chi connectivity index (χ2v) is 8.19. The molecule has 3 N–H and O–H groups in total. The summed E-state index contributed by atoms with van der Waals surface area (Å²) < 4.78 is 13.5. The van der Waals surface area contributed by atoms with Gasteiger partial charge in [0.05, 0.1) is 22.9 Å². The lowest BCUT2D eigenvalue weighted by Crippen LogP contribution is -2.46. The average molecular weight is 436 g/mol. The first-order valence-corrected chi connectivity index (χ1v) is 10.8. The molecule has 0 spiro atoms. The Kier molecular flexibility index (Phi) is 5.59. The quantitative estimate of drug-likeness (QED) is 0.577. The summed E-state index contributed by atoms with van der Waals surface area (Å²) in [5.74, 6) is -0.0619. The highest BCUT2D eigenvalue weighted by molar-refractivity contribution is 6.04. The predicted molar refractivity (Wildman–Crippen MR) is 121 cm³/mol. The molecule has 8 nitrogen and oxygen atoms in total. The molecule has 0 aliphatic carbocycles. The van der Waals surface area contributed by atoms with Crippen LogP contribution in [0.3, 0.4) is 0 Å². The summed E-state index contributed by atoms with van der Waals surface area (Å²) in [5.41, 5.74) is 2.54. The van der Waals surface area contributed by atoms with Crippen LogP contribution in [-0.4, -0.2) is 71.3 Å². The number of carbonyl (C=O) groups excluding carboxylic acids is 1. The summed E-state index contributed by atoms with van der Waals surface area (Å²) in [7, 11) is 0. The number of benzene rings is 2. The number of β-amino-alcohol motifs (C(OH)–C–C–N with tert-alkyl or cyclic N) is 1. The molecule has 0 radical (unpaired) electrons. The second-order valence-electron chi connectivity index (χ2n) is 8.19. The van der Waals surface area contributed by atoms with Crippen LogP contribution < -0.4 is 15.5 Å². The van der Waals surface area contributed by atoms with E-state index in [2.05, 4.69) is 25.5 Å². The number of rotatable bonds is 4. The topological polar surface area (TPSA) is 93.6 Å². The van der Waals surface area contributed by atoms with E-state index in [4.69, 9.17) is 0 Å². The molecule has 5 rings (SSSR count). The third kappa shape index (κ3) is 4.21. The molecule has 0 bridgehead atoms. The maximum atomic E-state index is 13.5. The van der Waals surface area contributed by atoms with Gasteiger partial charge in [0.1, 0.15) is 5.82 Å². The minimum absolute atomic E-state index is 0.0389. The van der Waals surface area contributed by atoms with Gasteiger partial charge in [-0.05, 0) is 36.8 Å². The van der Waals surface area contributed by atoms with Gasteiger partial charge >= 0.3 is 0 Å². The van der Waals surface area contributed by atoms with Gasteiger partial charge in [0, 0.05) is 56.5 Å². The number of aromatic nitrogens is 2. The summed E-state index contributed by atoms with van der Waals surface area (Å²) in [6.45, 7) is 4.01. The number of halogens is 1. The number of aliphatic hydroxyl groups is 1. The van der Waals surface area contributed by atoms with Crippen LogP contribution in [0.1, 0.15) is 16.8 Å². The molecule has 0 unspecified atom stereocenters. The van der Waals surface area contributed by atoms with Crippen LogP contribution in [0.25, 0.3) is 10.9 Å². The van der Waals surface area contributed by atoms with Crippen molar-refractivity contribution in [2.45, 2.75) is 12.5 Å². The van der Waals surface area contributed by atoms with Crippen molar-refractivity contribution in [2.75, 3.05) is 49.5 Å². The molecular weight excluding hydrogens is 411 g/mol. The molecule has 3 heterocycles. The maximum Gasteiger partial charge on any atom is 0.256 e. The zero-order valence-electron chi connectivity index (χ0n) is 17.6. The Morgan fingerprint density at radius 3 is 2.78 bits per heavy atom. The van der Waals surface area contributed by atoms with E-state index in [9.17, 15) is 14.3 Å². The van der Waals surface area contributed by atoms with Gasteiger partial charge in [0.15, 0.2) is 0 Å². The first-order valence-electron chi connectivity index (χ1n) is 10.8. The zero-order chi connectivity index (χ0) is 22.1. The van der Waals surface area contributed by atoms with Crippen molar-refractivity contribution in [1.82, 2.24) is 20.2 Å². The van der Waals surface area contributed by atoms with Gasteiger partial charge in [0.2, 0.25) is 5.95 Å². The van der Waals surface area contributed by atoms with E-state index in [1.807, 2.05) is 11.0 Å². The Hall–Kier alpha value is -3.30. The minimum atomic E-state index is -0.401. The van der Waals surface area contributed by atoms with Gasteiger partial charge in [0.25, 0.3) is 5.91 Å². The van der Waals surface area contributed by atoms with Crippen molar-refractivity contribution in [3.05, 3.63) is 54.0 Å². The summed E-state index contributed by atoms with van der Waals surface area (Å²) in [4.78, 5) is 26.3. The fourth-order valence-electron chi connectivity index (χ4n) is 4.25. The predicted octanol–water partition coefficient (Wildman–Crippen LogP) is 2.13. The van der Waals surface area contributed by atoms with Crippen LogP contribution in [-0.2, 0) is 0 Å². The number of aliphatic hydroxyl groups excluding tert-OH is 1. The molecule has 2 aromatic carbocycles. The molecule has 166 valence electrons. The van der Waals surface area contributed by atoms with E-state index in [-0.39, 0.29) is 11.7 Å². The van der Waals surface area contributed by atoms with Crippen LogP contribution in [0.4, 0.5) is 21.7 Å². The Balaban J connectivity index is 1.53. The monoisotopic (exact) mass is 436 g/mol. The fraction of sp³-hybridized carbons (Fsp3) is 0.348. The lowest BCUT2D eigenvalue weighted by Gasteiger charge is -2.30. The van der Waals surface area contributed by atoms with Crippen molar-refractivity contribution >= 4 is 34.1 Å². The van der Waals surface area contributed by atoms with Crippen molar-refractivity contribution < 1.29 is 14.3 Å². The summed E-state index contributed by atoms with van der Waals surface area (Å²) in [6, 6.07) is 9.82. The minimum Gasteiger partial charge on any atom is -0.391 e. The van der Waals surface area contributed by atoms with Gasteiger partial charge in [-0.2, -0.15) is 0 Å². The van der Waals surface area contributed by atoms with E-state index in [1.54, 1.807) is 24.4 Å². The number of hydrogen-bond donors (Lipinski definition) is 3. The number of amides is 1. The number of fused-ring (bicyclic) bond motifs is 1. The molecular formula is C23H25FN6O2. The van der Waals surface area contributed by atoms with Gasteiger partial charge in [-0.15, -0.1) is 0 Å². The lowest BCUT2D eigenvalue weighted by atomic mass is 10.1. The number of hydrogen-bond acceptors (Lipinski definition) is 7. The van der Waals surface area contributed by atoms with Crippen LogP contribution in [0.5, 0.6) is 0 Å². The Morgan fingerprint density at radius 1 is 1.19 bits per heavy atom. The molecule has 2 fully saturated rings. The normalized spacial score (nSPS) is 18.9. The maximum absolute atomic E-state index is 13.5. The van der Waals surface area contributed by atoms with E-state index in [1.165, 1.54) is 12.1 Å². The second kappa shape index (κ2) is 8.68. The SMILES string of the molecule is O=C(c1cc2nc(Nc3cccc(F)c3)ncc2cc1N1CC[C@@H](O)C1)N1CCNCC1. The third-order valence-corrected chi connectivity index (χ3v) is 5.92. The molecule has 2 aliphatic heterocycles. The van der Waals surface area contributed by atoms with Crippen molar-refractivity contribution in [3.8, 4) is 0 Å². The lowest BCUT2D eigenvalue weighted by molar-refractivity contribution is 0.0736. The molecule has 32 heavy (non-hydrogen) atoms. The Bertz CT molecular complexity index is 1150. The van der Waals surface area contributed by atoms with E-state index in [0.717, 1.165) is 24.2 Å². The molecule has 0 saturated carbocycles. The first kappa shape index (κ1) is 20.6. The van der Waals surface area contributed by atoms with Gasteiger partial charge in [-0.3, -0.25) is 4.79 Å².